The maximum absolute atomic E-state index is 13.1. The molecule has 1 atom stereocenters. The van der Waals surface area contributed by atoms with Crippen LogP contribution in [-0.4, -0.2) is 48.6 Å². The van der Waals surface area contributed by atoms with Crippen LogP contribution in [0.15, 0.2) is 42.5 Å². The fourth-order valence-corrected chi connectivity index (χ4v) is 3.68. The van der Waals surface area contributed by atoms with Crippen molar-refractivity contribution < 1.29 is 23.8 Å². The maximum atomic E-state index is 13.1. The summed E-state index contributed by atoms with van der Waals surface area (Å²) in [5.74, 6) is 0.993. The Morgan fingerprint density at radius 1 is 1.11 bits per heavy atom. The van der Waals surface area contributed by atoms with Crippen molar-refractivity contribution >= 4 is 5.78 Å². The summed E-state index contributed by atoms with van der Waals surface area (Å²) in [5, 5.41) is 10.9. The van der Waals surface area contributed by atoms with Gasteiger partial charge in [0.1, 0.15) is 24.6 Å². The van der Waals surface area contributed by atoms with E-state index in [1.165, 1.54) is 12.1 Å². The Morgan fingerprint density at radius 3 is 2.63 bits per heavy atom. The number of nitrogens with zero attached hydrogens (tertiary/aromatic N) is 1. The molecule has 142 valence electrons. The van der Waals surface area contributed by atoms with Crippen molar-refractivity contribution in [1.29, 1.82) is 0 Å². The Labute approximate surface area is 157 Å². The Morgan fingerprint density at radius 2 is 1.85 bits per heavy atom. The normalized spacial score (nSPS) is 22.0. The number of ether oxygens (including phenoxy) is 2. The first-order valence-corrected chi connectivity index (χ1v) is 9.17. The van der Waals surface area contributed by atoms with Gasteiger partial charge in [0.25, 0.3) is 0 Å². The highest BCUT2D eigenvalue weighted by atomic mass is 19.1. The van der Waals surface area contributed by atoms with Gasteiger partial charge < -0.3 is 14.6 Å². The van der Waals surface area contributed by atoms with E-state index in [2.05, 4.69) is 4.90 Å². The van der Waals surface area contributed by atoms with E-state index in [1.54, 1.807) is 30.3 Å². The molecule has 0 aliphatic carbocycles. The van der Waals surface area contributed by atoms with Gasteiger partial charge in [-0.3, -0.25) is 9.69 Å². The number of Topliss-reactive ketones (excluding diaryl/α,β-unsaturated/α-hetero) is 1. The van der Waals surface area contributed by atoms with E-state index in [1.807, 2.05) is 0 Å². The van der Waals surface area contributed by atoms with Gasteiger partial charge in [0, 0.05) is 31.6 Å². The van der Waals surface area contributed by atoms with Crippen molar-refractivity contribution in [3.63, 3.8) is 0 Å². The molecule has 0 bridgehead atoms. The number of ketones is 1. The van der Waals surface area contributed by atoms with Gasteiger partial charge in [-0.05, 0) is 42.3 Å². The van der Waals surface area contributed by atoms with Crippen molar-refractivity contribution in [2.45, 2.75) is 18.4 Å². The largest absolute Gasteiger partial charge is 0.486 e. The minimum absolute atomic E-state index is 0.0317. The average molecular weight is 371 g/mol. The van der Waals surface area contributed by atoms with E-state index < -0.39 is 5.60 Å². The number of β-amino-alcohol motifs (C(OH)–C–C–N with tert-alkyl or cyclic N) is 1. The summed E-state index contributed by atoms with van der Waals surface area (Å²) in [7, 11) is 0. The van der Waals surface area contributed by atoms with Gasteiger partial charge in [-0.25, -0.2) is 4.39 Å². The van der Waals surface area contributed by atoms with E-state index in [4.69, 9.17) is 9.47 Å². The summed E-state index contributed by atoms with van der Waals surface area (Å²) in [6.07, 6.45) is 0.927. The van der Waals surface area contributed by atoms with E-state index in [0.29, 0.717) is 68.3 Å². The predicted octanol–water partition coefficient (Wildman–Crippen LogP) is 2.76. The van der Waals surface area contributed by atoms with Crippen LogP contribution in [0.5, 0.6) is 11.5 Å². The number of halogens is 1. The fourth-order valence-electron chi connectivity index (χ4n) is 3.68. The van der Waals surface area contributed by atoms with Crippen LogP contribution in [0.25, 0.3) is 0 Å². The fraction of sp³-hybridized carbons (Fsp3) is 0.381. The quantitative estimate of drug-likeness (QED) is 0.819. The molecule has 2 aromatic rings. The lowest BCUT2D eigenvalue weighted by Gasteiger charge is -2.24. The minimum Gasteiger partial charge on any atom is -0.486 e. The summed E-state index contributed by atoms with van der Waals surface area (Å²) in [6.45, 7) is 2.71. The van der Waals surface area contributed by atoms with Gasteiger partial charge in [-0.1, -0.05) is 12.1 Å². The van der Waals surface area contributed by atoms with Crippen LogP contribution in [0.3, 0.4) is 0 Å². The van der Waals surface area contributed by atoms with Gasteiger partial charge in [0.2, 0.25) is 0 Å². The van der Waals surface area contributed by atoms with Gasteiger partial charge in [-0.15, -0.1) is 0 Å². The first-order valence-electron chi connectivity index (χ1n) is 9.17. The molecule has 0 amide bonds. The number of fused-ring (bicyclic) bond motifs is 1. The van der Waals surface area contributed by atoms with Crippen LogP contribution < -0.4 is 9.47 Å². The van der Waals surface area contributed by atoms with Crippen molar-refractivity contribution in [3.05, 3.63) is 59.4 Å². The standard InChI is InChI=1S/C21H22FNO4/c22-17-4-2-16(3-5-17)21(25)8-10-23(14-21)9-7-18(24)15-1-6-19-20(13-15)27-12-11-26-19/h1-6,13,25H,7-12,14H2/t21-/m0/s1. The molecule has 0 saturated carbocycles. The van der Waals surface area contributed by atoms with Crippen LogP contribution in [-0.2, 0) is 5.60 Å². The monoisotopic (exact) mass is 371 g/mol. The molecule has 2 heterocycles. The van der Waals surface area contributed by atoms with Crippen molar-refractivity contribution in [3.8, 4) is 11.5 Å². The predicted molar refractivity (Wildman–Crippen MR) is 97.7 cm³/mol. The SMILES string of the molecule is O=C(CCN1CC[C@@](O)(c2ccc(F)cc2)C1)c1ccc2c(c1)OCCO2. The second kappa shape index (κ2) is 7.29. The molecule has 5 nitrogen and oxygen atoms in total. The number of likely N-dealkylation sites (tertiary alicyclic amines) is 1. The average Bonchev–Trinajstić information content (AvgIpc) is 3.08. The van der Waals surface area contributed by atoms with Gasteiger partial charge in [0.15, 0.2) is 17.3 Å². The molecule has 2 aliphatic heterocycles. The zero-order chi connectivity index (χ0) is 18.9. The van der Waals surface area contributed by atoms with E-state index in [9.17, 15) is 14.3 Å². The molecule has 6 heteroatoms. The van der Waals surface area contributed by atoms with E-state index in [0.717, 1.165) is 0 Å². The number of hydrogen-bond donors (Lipinski definition) is 1. The molecule has 1 saturated heterocycles. The van der Waals surface area contributed by atoms with E-state index in [-0.39, 0.29) is 11.6 Å². The third-order valence-corrected chi connectivity index (χ3v) is 5.23. The topological polar surface area (TPSA) is 59.0 Å². The molecule has 0 aromatic heterocycles. The number of carbonyl (C=O) groups excluding carboxylic acids is 1. The molecule has 1 N–H and O–H groups in total. The first kappa shape index (κ1) is 17.9. The van der Waals surface area contributed by atoms with Crippen LogP contribution in [0.1, 0.15) is 28.8 Å². The number of carbonyl (C=O) groups is 1. The van der Waals surface area contributed by atoms with Crippen molar-refractivity contribution in [2.24, 2.45) is 0 Å². The van der Waals surface area contributed by atoms with Crippen molar-refractivity contribution in [2.75, 3.05) is 32.8 Å². The molecular weight excluding hydrogens is 349 g/mol. The van der Waals surface area contributed by atoms with Crippen LogP contribution >= 0.6 is 0 Å². The minimum atomic E-state index is -0.992. The summed E-state index contributed by atoms with van der Waals surface area (Å²) in [6, 6.07) is 11.2. The molecule has 2 aliphatic rings. The highest BCUT2D eigenvalue weighted by molar-refractivity contribution is 5.96. The Kier molecular flexibility index (Phi) is 4.85. The van der Waals surface area contributed by atoms with Crippen LogP contribution in [0, 0.1) is 5.82 Å². The Hall–Kier alpha value is -2.44. The lowest BCUT2D eigenvalue weighted by molar-refractivity contribution is 0.0457. The Bertz CT molecular complexity index is 839. The lowest BCUT2D eigenvalue weighted by atomic mass is 9.93. The van der Waals surface area contributed by atoms with E-state index >= 15 is 0 Å². The molecule has 0 unspecified atom stereocenters. The molecule has 27 heavy (non-hydrogen) atoms. The molecule has 4 rings (SSSR count). The second-order valence-corrected chi connectivity index (χ2v) is 7.10. The van der Waals surface area contributed by atoms with Crippen LogP contribution in [0.2, 0.25) is 0 Å². The second-order valence-electron chi connectivity index (χ2n) is 7.10. The number of rotatable bonds is 5. The smallest absolute Gasteiger partial charge is 0.164 e. The molecule has 1 fully saturated rings. The van der Waals surface area contributed by atoms with Crippen molar-refractivity contribution in [1.82, 2.24) is 4.90 Å². The lowest BCUT2D eigenvalue weighted by Crippen LogP contribution is -2.31. The molecule has 0 radical (unpaired) electrons. The molecular formula is C21H22FNO4. The molecule has 2 aromatic carbocycles. The summed E-state index contributed by atoms with van der Waals surface area (Å²) in [5.41, 5.74) is 0.324. The highest BCUT2D eigenvalue weighted by Gasteiger charge is 2.37. The summed E-state index contributed by atoms with van der Waals surface area (Å²) in [4.78, 5) is 14.6. The first-order chi connectivity index (χ1) is 13.0. The van der Waals surface area contributed by atoms with Gasteiger partial charge in [0.05, 0.1) is 0 Å². The zero-order valence-electron chi connectivity index (χ0n) is 15.0. The number of benzene rings is 2. The third-order valence-electron chi connectivity index (χ3n) is 5.23. The highest BCUT2D eigenvalue weighted by Crippen LogP contribution is 2.33. The summed E-state index contributed by atoms with van der Waals surface area (Å²) < 4.78 is 24.1. The third kappa shape index (κ3) is 3.82. The molecule has 0 spiro atoms. The Balaban J connectivity index is 1.35. The number of hydrogen-bond acceptors (Lipinski definition) is 5. The maximum Gasteiger partial charge on any atom is 0.164 e. The van der Waals surface area contributed by atoms with Crippen LogP contribution in [0.4, 0.5) is 4.39 Å². The zero-order valence-corrected chi connectivity index (χ0v) is 15.0. The summed E-state index contributed by atoms with van der Waals surface area (Å²) >= 11 is 0. The number of aliphatic hydroxyl groups is 1. The van der Waals surface area contributed by atoms with Gasteiger partial charge in [-0.2, -0.15) is 0 Å². The van der Waals surface area contributed by atoms with Gasteiger partial charge >= 0.3 is 0 Å².